The van der Waals surface area contributed by atoms with Crippen molar-refractivity contribution in [3.8, 4) is 11.1 Å². The average molecular weight is 618 g/mol. The van der Waals surface area contributed by atoms with Crippen LogP contribution in [0, 0.1) is 0 Å². The van der Waals surface area contributed by atoms with Gasteiger partial charge >= 0.3 is 0 Å². The first kappa shape index (κ1) is 26.3. The van der Waals surface area contributed by atoms with Gasteiger partial charge in [0.15, 0.2) is 0 Å². The number of hydrogen-bond donors (Lipinski definition) is 0. The Labute approximate surface area is 275 Å². The van der Waals surface area contributed by atoms with E-state index in [1.54, 1.807) is 0 Å². The summed E-state index contributed by atoms with van der Waals surface area (Å²) >= 11 is 1.86. The number of thiophene rings is 1. The van der Waals surface area contributed by atoms with Crippen LogP contribution in [0.15, 0.2) is 168 Å². The van der Waals surface area contributed by atoms with Gasteiger partial charge in [0.1, 0.15) is 11.2 Å². The molecule has 2 aromatic heterocycles. The topological polar surface area (TPSA) is 16.4 Å². The largest absolute Gasteiger partial charge is 0.456 e. The van der Waals surface area contributed by atoms with Crippen LogP contribution < -0.4 is 4.90 Å². The summed E-state index contributed by atoms with van der Waals surface area (Å²) in [7, 11) is 0. The number of nitrogens with zero attached hydrogens (tertiary/aromatic N) is 1. The molecule has 0 fully saturated rings. The van der Waals surface area contributed by atoms with Crippen LogP contribution in [0.2, 0.25) is 0 Å². The second kappa shape index (κ2) is 10.3. The highest BCUT2D eigenvalue weighted by molar-refractivity contribution is 7.26. The Morgan fingerprint density at radius 2 is 1.13 bits per heavy atom. The molecular formula is C44H27NOS. The summed E-state index contributed by atoms with van der Waals surface area (Å²) in [6.45, 7) is 0. The molecule has 0 atom stereocenters. The van der Waals surface area contributed by atoms with Crippen molar-refractivity contribution < 1.29 is 4.42 Å². The number of rotatable bonds is 4. The molecule has 0 radical (unpaired) electrons. The molecule has 0 bridgehead atoms. The van der Waals surface area contributed by atoms with E-state index in [9.17, 15) is 0 Å². The van der Waals surface area contributed by atoms with E-state index < -0.39 is 0 Å². The standard InChI is InChI=1S/C44H27NOS/c1-2-11-32-28(9-1)10-7-14-33(32)29-19-21-30(22-20-29)45(31-23-25-41-38(27-31)35-12-3-5-17-40(35)46-41)39-16-8-15-36-34(39)24-26-43-44(36)37-13-4-6-18-42(37)47-43/h1-27H. The maximum atomic E-state index is 6.23. The summed E-state index contributed by atoms with van der Waals surface area (Å²) in [5.41, 5.74) is 7.57. The van der Waals surface area contributed by atoms with E-state index in [4.69, 9.17) is 4.42 Å². The Bertz CT molecular complexity index is 2800. The molecule has 0 saturated carbocycles. The first-order valence-corrected chi connectivity index (χ1v) is 16.7. The predicted octanol–water partition coefficient (Wildman–Crippen LogP) is 13.4. The Hall–Kier alpha value is -5.90. The third-order valence-corrected chi connectivity index (χ3v) is 10.6. The lowest BCUT2D eigenvalue weighted by Crippen LogP contribution is -2.10. The highest BCUT2D eigenvalue weighted by atomic mass is 32.1. The van der Waals surface area contributed by atoms with Gasteiger partial charge in [-0.3, -0.25) is 0 Å². The van der Waals surface area contributed by atoms with Crippen molar-refractivity contribution in [1.29, 1.82) is 0 Å². The van der Waals surface area contributed by atoms with Gasteiger partial charge in [-0.25, -0.2) is 0 Å². The fourth-order valence-electron chi connectivity index (χ4n) is 7.31. The maximum Gasteiger partial charge on any atom is 0.135 e. The van der Waals surface area contributed by atoms with Gasteiger partial charge in [-0.05, 0) is 81.9 Å². The van der Waals surface area contributed by atoms with E-state index >= 15 is 0 Å². The van der Waals surface area contributed by atoms with Crippen molar-refractivity contribution in [2.75, 3.05) is 4.90 Å². The summed E-state index contributed by atoms with van der Waals surface area (Å²) in [6, 6.07) is 59.1. The van der Waals surface area contributed by atoms with Crippen molar-refractivity contribution in [2.45, 2.75) is 0 Å². The summed E-state index contributed by atoms with van der Waals surface area (Å²) in [5, 5.41) is 9.88. The minimum Gasteiger partial charge on any atom is -0.456 e. The maximum absolute atomic E-state index is 6.23. The fraction of sp³-hybridized carbons (Fsp3) is 0. The Kier molecular flexibility index (Phi) is 5.78. The molecule has 2 nitrogen and oxygen atoms in total. The van der Waals surface area contributed by atoms with Gasteiger partial charge in [-0.2, -0.15) is 0 Å². The molecule has 47 heavy (non-hydrogen) atoms. The van der Waals surface area contributed by atoms with Gasteiger partial charge in [0.05, 0.1) is 5.69 Å². The lowest BCUT2D eigenvalue weighted by atomic mass is 9.97. The zero-order chi connectivity index (χ0) is 30.9. The summed E-state index contributed by atoms with van der Waals surface area (Å²) in [5.74, 6) is 0. The van der Waals surface area contributed by atoms with Crippen LogP contribution in [-0.4, -0.2) is 0 Å². The number of fused-ring (bicyclic) bond motifs is 9. The van der Waals surface area contributed by atoms with E-state index in [1.807, 2.05) is 23.5 Å². The van der Waals surface area contributed by atoms with Crippen LogP contribution in [0.4, 0.5) is 17.1 Å². The SMILES string of the molecule is c1ccc2c(-c3ccc(N(c4ccc5oc6ccccc6c5c4)c4cccc5c4ccc4sc6ccccc6c45)cc3)cccc2c1. The van der Waals surface area contributed by atoms with Crippen molar-refractivity contribution in [1.82, 2.24) is 0 Å². The predicted molar refractivity (Wildman–Crippen MR) is 202 cm³/mol. The Morgan fingerprint density at radius 3 is 2.04 bits per heavy atom. The minimum absolute atomic E-state index is 0.894. The van der Waals surface area contributed by atoms with Crippen LogP contribution >= 0.6 is 11.3 Å². The summed E-state index contributed by atoms with van der Waals surface area (Å²) in [4.78, 5) is 2.40. The zero-order valence-corrected chi connectivity index (χ0v) is 26.2. The van der Waals surface area contributed by atoms with Gasteiger partial charge in [0, 0.05) is 47.7 Å². The van der Waals surface area contributed by atoms with Gasteiger partial charge in [-0.1, -0.05) is 109 Å². The van der Waals surface area contributed by atoms with Gasteiger partial charge in [0.2, 0.25) is 0 Å². The molecule has 10 aromatic rings. The number of benzene rings is 8. The van der Waals surface area contributed by atoms with Crippen LogP contribution in [0.25, 0.3) is 74.8 Å². The minimum atomic E-state index is 0.894. The van der Waals surface area contributed by atoms with Crippen LogP contribution in [0.1, 0.15) is 0 Å². The van der Waals surface area contributed by atoms with Crippen molar-refractivity contribution in [3.63, 3.8) is 0 Å². The molecule has 0 spiro atoms. The summed E-state index contributed by atoms with van der Waals surface area (Å²) in [6.07, 6.45) is 0. The van der Waals surface area contributed by atoms with Crippen molar-refractivity contribution in [3.05, 3.63) is 164 Å². The molecule has 0 N–H and O–H groups in total. The average Bonchev–Trinajstić information content (AvgIpc) is 3.70. The first-order chi connectivity index (χ1) is 23.3. The van der Waals surface area contributed by atoms with Gasteiger partial charge in [-0.15, -0.1) is 11.3 Å². The van der Waals surface area contributed by atoms with Gasteiger partial charge in [0.25, 0.3) is 0 Å². The van der Waals surface area contributed by atoms with Crippen molar-refractivity contribution >= 4 is 92.1 Å². The quantitative estimate of drug-likeness (QED) is 0.195. The van der Waals surface area contributed by atoms with E-state index in [2.05, 4.69) is 157 Å². The van der Waals surface area contributed by atoms with Crippen LogP contribution in [-0.2, 0) is 0 Å². The molecule has 220 valence electrons. The first-order valence-electron chi connectivity index (χ1n) is 15.9. The Balaban J connectivity index is 1.21. The highest BCUT2D eigenvalue weighted by Crippen LogP contribution is 2.45. The molecule has 3 heteroatoms. The second-order valence-electron chi connectivity index (χ2n) is 12.1. The lowest BCUT2D eigenvalue weighted by molar-refractivity contribution is 0.669. The molecule has 0 saturated heterocycles. The fourth-order valence-corrected chi connectivity index (χ4v) is 8.43. The molecule has 2 heterocycles. The third-order valence-electron chi connectivity index (χ3n) is 9.46. The van der Waals surface area contributed by atoms with Crippen LogP contribution in [0.3, 0.4) is 0 Å². The number of anilines is 3. The van der Waals surface area contributed by atoms with E-state index in [0.29, 0.717) is 0 Å². The molecule has 0 unspecified atom stereocenters. The molecule has 0 aliphatic heterocycles. The van der Waals surface area contributed by atoms with Crippen molar-refractivity contribution in [2.24, 2.45) is 0 Å². The monoisotopic (exact) mass is 617 g/mol. The normalized spacial score (nSPS) is 11.8. The van der Waals surface area contributed by atoms with Gasteiger partial charge < -0.3 is 9.32 Å². The molecule has 0 aliphatic carbocycles. The van der Waals surface area contributed by atoms with Crippen LogP contribution in [0.5, 0.6) is 0 Å². The zero-order valence-electron chi connectivity index (χ0n) is 25.4. The smallest absolute Gasteiger partial charge is 0.135 e. The Morgan fingerprint density at radius 1 is 0.426 bits per heavy atom. The second-order valence-corrected chi connectivity index (χ2v) is 13.2. The lowest BCUT2D eigenvalue weighted by Gasteiger charge is -2.27. The molecule has 8 aromatic carbocycles. The van der Waals surface area contributed by atoms with E-state index in [0.717, 1.165) is 39.0 Å². The highest BCUT2D eigenvalue weighted by Gasteiger charge is 2.19. The van der Waals surface area contributed by atoms with E-state index in [-0.39, 0.29) is 0 Å². The number of hydrogen-bond acceptors (Lipinski definition) is 3. The third kappa shape index (κ3) is 4.10. The number of para-hydroxylation sites is 1. The summed E-state index contributed by atoms with van der Waals surface area (Å²) < 4.78 is 8.86. The molecular weight excluding hydrogens is 591 g/mol. The van der Waals surface area contributed by atoms with E-state index in [1.165, 1.54) is 52.8 Å². The number of furan rings is 1. The molecule has 10 rings (SSSR count). The molecule has 0 aliphatic rings. The molecule has 0 amide bonds.